The van der Waals surface area contributed by atoms with E-state index < -0.39 is 11.9 Å². The molecule has 0 radical (unpaired) electrons. The fourth-order valence-corrected chi connectivity index (χ4v) is 2.88. The van der Waals surface area contributed by atoms with Crippen LogP contribution < -0.4 is 5.32 Å². The average molecular weight is 269 g/mol. The van der Waals surface area contributed by atoms with Crippen LogP contribution in [0.4, 0.5) is 0 Å². The monoisotopic (exact) mass is 269 g/mol. The first-order valence-corrected chi connectivity index (χ1v) is 7.21. The smallest absolute Gasteiger partial charge is 0.308 e. The van der Waals surface area contributed by atoms with E-state index in [9.17, 15) is 14.7 Å². The summed E-state index contributed by atoms with van der Waals surface area (Å²) < 4.78 is 0. The van der Waals surface area contributed by atoms with Gasteiger partial charge >= 0.3 is 5.97 Å². The van der Waals surface area contributed by atoms with Gasteiger partial charge < -0.3 is 10.4 Å². The van der Waals surface area contributed by atoms with Gasteiger partial charge in [0.1, 0.15) is 0 Å². The summed E-state index contributed by atoms with van der Waals surface area (Å²) in [5.74, 6) is -0.796. The molecule has 3 unspecified atom stereocenters. The fraction of sp³-hybridized carbons (Fsp3) is 0.867. The highest BCUT2D eigenvalue weighted by Gasteiger charge is 2.31. The van der Waals surface area contributed by atoms with Crippen molar-refractivity contribution in [2.75, 3.05) is 6.54 Å². The zero-order valence-electron chi connectivity index (χ0n) is 12.5. The second-order valence-electron chi connectivity index (χ2n) is 7.06. The van der Waals surface area contributed by atoms with E-state index in [0.29, 0.717) is 12.3 Å². The Balaban J connectivity index is 2.47. The molecule has 4 heteroatoms. The molecule has 1 saturated carbocycles. The highest BCUT2D eigenvalue weighted by molar-refractivity contribution is 5.80. The number of carboxylic acids is 1. The van der Waals surface area contributed by atoms with E-state index in [1.807, 2.05) is 20.8 Å². The molecule has 0 aliphatic heterocycles. The molecule has 0 aromatic heterocycles. The summed E-state index contributed by atoms with van der Waals surface area (Å²) in [5.41, 5.74) is -0.0472. The van der Waals surface area contributed by atoms with Gasteiger partial charge in [0.05, 0.1) is 5.92 Å². The van der Waals surface area contributed by atoms with Crippen LogP contribution in [-0.2, 0) is 9.59 Å². The minimum absolute atomic E-state index is 0.0326. The maximum Gasteiger partial charge on any atom is 0.308 e. The lowest BCUT2D eigenvalue weighted by Gasteiger charge is -2.24. The molecule has 0 saturated heterocycles. The summed E-state index contributed by atoms with van der Waals surface area (Å²) in [5, 5.41) is 12.1. The molecule has 0 aromatic rings. The van der Waals surface area contributed by atoms with Gasteiger partial charge in [-0.1, -0.05) is 34.1 Å². The molecule has 19 heavy (non-hydrogen) atoms. The average Bonchev–Trinajstić information content (AvgIpc) is 2.68. The van der Waals surface area contributed by atoms with Crippen LogP contribution in [0.2, 0.25) is 0 Å². The molecule has 1 rings (SSSR count). The van der Waals surface area contributed by atoms with E-state index in [2.05, 4.69) is 12.2 Å². The number of aliphatic carboxylic acids is 1. The third-order valence-electron chi connectivity index (χ3n) is 3.93. The summed E-state index contributed by atoms with van der Waals surface area (Å²) in [6.07, 6.45) is 3.71. The number of hydrogen-bond acceptors (Lipinski definition) is 2. The van der Waals surface area contributed by atoms with Gasteiger partial charge in [-0.15, -0.1) is 0 Å². The lowest BCUT2D eigenvalue weighted by atomic mass is 9.84. The molecule has 0 aromatic carbocycles. The Bertz CT molecular complexity index is 333. The van der Waals surface area contributed by atoms with Crippen molar-refractivity contribution >= 4 is 11.9 Å². The van der Waals surface area contributed by atoms with Crippen LogP contribution in [-0.4, -0.2) is 23.5 Å². The number of amides is 1. The molecule has 1 amide bonds. The molecule has 1 aliphatic rings. The summed E-state index contributed by atoms with van der Waals surface area (Å²) >= 11 is 0. The first-order chi connectivity index (χ1) is 8.70. The lowest BCUT2D eigenvalue weighted by Crippen LogP contribution is -2.38. The van der Waals surface area contributed by atoms with Gasteiger partial charge in [0.2, 0.25) is 5.91 Å². The molecule has 4 nitrogen and oxygen atoms in total. The summed E-state index contributed by atoms with van der Waals surface area (Å²) in [6, 6.07) is 0. The van der Waals surface area contributed by atoms with Crippen LogP contribution in [0.25, 0.3) is 0 Å². The van der Waals surface area contributed by atoms with Crippen LogP contribution in [0, 0.1) is 23.2 Å². The van der Waals surface area contributed by atoms with Gasteiger partial charge in [-0.3, -0.25) is 9.59 Å². The Morgan fingerprint density at radius 3 is 2.37 bits per heavy atom. The molecule has 0 heterocycles. The molecular weight excluding hydrogens is 242 g/mol. The number of carboxylic acid groups (broad SMARTS) is 1. The van der Waals surface area contributed by atoms with Crippen molar-refractivity contribution in [2.45, 2.75) is 53.4 Å². The zero-order chi connectivity index (χ0) is 14.6. The summed E-state index contributed by atoms with van der Waals surface area (Å²) in [6.45, 7) is 8.40. The molecule has 0 bridgehead atoms. The van der Waals surface area contributed by atoms with Gasteiger partial charge in [0.25, 0.3) is 0 Å². The molecule has 1 aliphatic carbocycles. The van der Waals surface area contributed by atoms with E-state index in [1.165, 1.54) is 0 Å². The van der Waals surface area contributed by atoms with Gasteiger partial charge in [0.15, 0.2) is 0 Å². The molecule has 1 fully saturated rings. The lowest BCUT2D eigenvalue weighted by molar-refractivity contribution is -0.142. The Labute approximate surface area is 116 Å². The van der Waals surface area contributed by atoms with Crippen LogP contribution in [0.5, 0.6) is 0 Å². The maximum absolute atomic E-state index is 12.0. The Hall–Kier alpha value is -1.06. The Kier molecular flexibility index (Phi) is 5.39. The maximum atomic E-state index is 12.0. The van der Waals surface area contributed by atoms with E-state index in [1.54, 1.807) is 0 Å². The third-order valence-corrected chi connectivity index (χ3v) is 3.93. The van der Waals surface area contributed by atoms with Crippen LogP contribution in [0.1, 0.15) is 53.4 Å². The second kappa shape index (κ2) is 6.40. The molecule has 2 N–H and O–H groups in total. The van der Waals surface area contributed by atoms with Crippen molar-refractivity contribution in [3.05, 3.63) is 0 Å². The molecule has 110 valence electrons. The van der Waals surface area contributed by atoms with Gasteiger partial charge in [0, 0.05) is 12.5 Å². The minimum Gasteiger partial charge on any atom is -0.481 e. The topological polar surface area (TPSA) is 66.4 Å². The number of hydrogen-bond donors (Lipinski definition) is 2. The Morgan fingerprint density at radius 2 is 1.95 bits per heavy atom. The van der Waals surface area contributed by atoms with Crippen molar-refractivity contribution in [3.8, 4) is 0 Å². The van der Waals surface area contributed by atoms with Gasteiger partial charge in [-0.05, 0) is 30.6 Å². The van der Waals surface area contributed by atoms with E-state index >= 15 is 0 Å². The fourth-order valence-electron chi connectivity index (χ4n) is 2.88. The largest absolute Gasteiger partial charge is 0.481 e. The quantitative estimate of drug-likeness (QED) is 0.806. The first kappa shape index (κ1) is 16.0. The number of rotatable bonds is 5. The number of carbonyl (C=O) groups is 2. The van der Waals surface area contributed by atoms with Crippen molar-refractivity contribution in [1.82, 2.24) is 5.32 Å². The predicted octanol–water partition coefficient (Wildman–Crippen LogP) is 2.68. The third kappa shape index (κ3) is 5.21. The summed E-state index contributed by atoms with van der Waals surface area (Å²) in [7, 11) is 0. The molecule has 3 atom stereocenters. The van der Waals surface area contributed by atoms with Crippen molar-refractivity contribution < 1.29 is 14.7 Å². The first-order valence-electron chi connectivity index (χ1n) is 7.21. The minimum atomic E-state index is -0.824. The highest BCUT2D eigenvalue weighted by atomic mass is 16.4. The zero-order valence-corrected chi connectivity index (χ0v) is 12.5. The van der Waals surface area contributed by atoms with Crippen LogP contribution in [0.3, 0.4) is 0 Å². The molecular formula is C15H27NO3. The van der Waals surface area contributed by atoms with E-state index in [4.69, 9.17) is 0 Å². The van der Waals surface area contributed by atoms with Gasteiger partial charge in [-0.25, -0.2) is 0 Å². The normalized spacial score (nSPS) is 25.1. The number of nitrogens with one attached hydrogen (secondary N) is 1. The van der Waals surface area contributed by atoms with Crippen molar-refractivity contribution in [1.29, 1.82) is 0 Å². The number of carbonyl (C=O) groups excluding carboxylic acids is 1. The SMILES string of the molecule is CC1CCCC1C(=O)NCC(CC(C)(C)C)C(=O)O. The van der Waals surface area contributed by atoms with Gasteiger partial charge in [-0.2, -0.15) is 0 Å². The van der Waals surface area contributed by atoms with Crippen LogP contribution >= 0.6 is 0 Å². The predicted molar refractivity (Wildman–Crippen MR) is 74.7 cm³/mol. The van der Waals surface area contributed by atoms with Crippen molar-refractivity contribution in [2.24, 2.45) is 23.2 Å². The highest BCUT2D eigenvalue weighted by Crippen LogP contribution is 2.31. The van der Waals surface area contributed by atoms with Crippen molar-refractivity contribution in [3.63, 3.8) is 0 Å². The second-order valence-corrected chi connectivity index (χ2v) is 7.06. The Morgan fingerprint density at radius 1 is 1.32 bits per heavy atom. The standard InChI is InChI=1S/C15H27NO3/c1-10-6-5-7-12(10)13(17)16-9-11(14(18)19)8-15(2,3)4/h10-12H,5-9H2,1-4H3,(H,16,17)(H,18,19). The van der Waals surface area contributed by atoms with Crippen LogP contribution in [0.15, 0.2) is 0 Å². The van der Waals surface area contributed by atoms with E-state index in [0.717, 1.165) is 19.3 Å². The molecule has 0 spiro atoms. The van der Waals surface area contributed by atoms with E-state index in [-0.39, 0.29) is 23.8 Å². The summed E-state index contributed by atoms with van der Waals surface area (Å²) in [4.78, 5) is 23.3.